The van der Waals surface area contributed by atoms with E-state index >= 15 is 0 Å². The highest BCUT2D eigenvalue weighted by molar-refractivity contribution is 6.39. The average molecular weight is 397 g/mol. The van der Waals surface area contributed by atoms with E-state index in [-0.39, 0.29) is 17.9 Å². The standard InChI is InChI=1S/C16H14Cl2N4O4/c1-25-2-3-26-13-5-12-11(4-8(13)15(23)24)20-16(21-12)22-14-9(17)6-19-7-10(14)18/h4-7H,2-3H2,1H3,(H,23,24)(H2,19,20,21,22). The number of aromatic amines is 1. The number of rotatable bonds is 7. The summed E-state index contributed by atoms with van der Waals surface area (Å²) >= 11 is 12.2. The number of nitrogens with one attached hydrogen (secondary N) is 2. The van der Waals surface area contributed by atoms with Crippen LogP contribution in [0.1, 0.15) is 10.4 Å². The van der Waals surface area contributed by atoms with Crippen molar-refractivity contribution in [2.75, 3.05) is 25.6 Å². The molecule has 3 rings (SSSR count). The third kappa shape index (κ3) is 3.82. The third-order valence-electron chi connectivity index (χ3n) is 3.46. The summed E-state index contributed by atoms with van der Waals surface area (Å²) in [6.45, 7) is 0.559. The molecule has 1 aromatic carbocycles. The molecule has 8 nitrogen and oxygen atoms in total. The zero-order valence-electron chi connectivity index (χ0n) is 13.5. The van der Waals surface area contributed by atoms with Gasteiger partial charge in [-0.05, 0) is 6.07 Å². The quantitative estimate of drug-likeness (QED) is 0.521. The van der Waals surface area contributed by atoms with Crippen molar-refractivity contribution in [3.05, 3.63) is 40.1 Å². The van der Waals surface area contributed by atoms with Gasteiger partial charge in [-0.15, -0.1) is 0 Å². The number of aromatic nitrogens is 3. The number of halogens is 2. The van der Waals surface area contributed by atoms with Crippen molar-refractivity contribution in [1.82, 2.24) is 15.0 Å². The Morgan fingerprint density at radius 1 is 1.27 bits per heavy atom. The monoisotopic (exact) mass is 396 g/mol. The van der Waals surface area contributed by atoms with Crippen LogP contribution in [-0.4, -0.2) is 46.4 Å². The number of carboxylic acid groups (broad SMARTS) is 1. The van der Waals surface area contributed by atoms with Gasteiger partial charge >= 0.3 is 5.97 Å². The van der Waals surface area contributed by atoms with Gasteiger partial charge in [-0.3, -0.25) is 4.98 Å². The molecular formula is C16H14Cl2N4O4. The molecule has 0 spiro atoms. The van der Waals surface area contributed by atoms with Crippen LogP contribution in [0.15, 0.2) is 24.5 Å². The molecule has 26 heavy (non-hydrogen) atoms. The predicted molar refractivity (Wildman–Crippen MR) is 98.0 cm³/mol. The summed E-state index contributed by atoms with van der Waals surface area (Å²) in [4.78, 5) is 22.7. The Bertz CT molecular complexity index is 941. The molecule has 0 bridgehead atoms. The van der Waals surface area contributed by atoms with Crippen LogP contribution in [0, 0.1) is 0 Å². The average Bonchev–Trinajstić information content (AvgIpc) is 2.99. The van der Waals surface area contributed by atoms with Crippen LogP contribution in [0.3, 0.4) is 0 Å². The minimum atomic E-state index is -1.11. The number of aromatic carboxylic acids is 1. The number of fused-ring (bicyclic) bond motifs is 1. The molecule has 136 valence electrons. The van der Waals surface area contributed by atoms with E-state index < -0.39 is 5.97 Å². The first-order valence-electron chi connectivity index (χ1n) is 7.44. The van der Waals surface area contributed by atoms with E-state index in [0.29, 0.717) is 39.3 Å². The van der Waals surface area contributed by atoms with Crippen molar-refractivity contribution in [1.29, 1.82) is 0 Å². The van der Waals surface area contributed by atoms with Crippen LogP contribution in [0.5, 0.6) is 5.75 Å². The Labute approximate surface area is 158 Å². The number of ether oxygens (including phenoxy) is 2. The second-order valence-corrected chi connectivity index (χ2v) is 6.01. The molecule has 2 heterocycles. The molecule has 0 aliphatic carbocycles. The zero-order chi connectivity index (χ0) is 18.7. The van der Waals surface area contributed by atoms with Gasteiger partial charge in [-0.1, -0.05) is 23.2 Å². The molecule has 0 fully saturated rings. The summed E-state index contributed by atoms with van der Waals surface area (Å²) < 4.78 is 10.4. The number of carbonyl (C=O) groups is 1. The van der Waals surface area contributed by atoms with Crippen molar-refractivity contribution in [3.63, 3.8) is 0 Å². The van der Waals surface area contributed by atoms with E-state index in [9.17, 15) is 9.90 Å². The lowest BCUT2D eigenvalue weighted by atomic mass is 10.2. The molecule has 0 aliphatic rings. The van der Waals surface area contributed by atoms with E-state index in [1.165, 1.54) is 25.6 Å². The van der Waals surface area contributed by atoms with E-state index in [2.05, 4.69) is 20.3 Å². The zero-order valence-corrected chi connectivity index (χ0v) is 15.1. The van der Waals surface area contributed by atoms with Crippen LogP contribution >= 0.6 is 23.2 Å². The summed E-state index contributed by atoms with van der Waals surface area (Å²) in [6.07, 6.45) is 2.89. The first-order chi connectivity index (χ1) is 12.5. The van der Waals surface area contributed by atoms with Gasteiger partial charge in [-0.25, -0.2) is 9.78 Å². The third-order valence-corrected chi connectivity index (χ3v) is 4.03. The second kappa shape index (κ2) is 7.77. The van der Waals surface area contributed by atoms with Gasteiger partial charge in [-0.2, -0.15) is 0 Å². The number of hydrogen-bond donors (Lipinski definition) is 3. The summed E-state index contributed by atoms with van der Waals surface area (Å²) in [6, 6.07) is 3.00. The molecule has 3 N–H and O–H groups in total. The Morgan fingerprint density at radius 3 is 2.65 bits per heavy atom. The fraction of sp³-hybridized carbons (Fsp3) is 0.188. The lowest BCUT2D eigenvalue weighted by Crippen LogP contribution is -2.08. The highest BCUT2D eigenvalue weighted by Gasteiger charge is 2.16. The fourth-order valence-corrected chi connectivity index (χ4v) is 2.73. The number of hydrogen-bond acceptors (Lipinski definition) is 6. The van der Waals surface area contributed by atoms with Gasteiger partial charge in [0.05, 0.1) is 33.4 Å². The molecule has 0 aliphatic heterocycles. The molecular weight excluding hydrogens is 383 g/mol. The fourth-order valence-electron chi connectivity index (χ4n) is 2.27. The molecule has 0 amide bonds. The van der Waals surface area contributed by atoms with E-state index in [4.69, 9.17) is 32.7 Å². The van der Waals surface area contributed by atoms with Gasteiger partial charge in [0.15, 0.2) is 0 Å². The highest BCUT2D eigenvalue weighted by atomic mass is 35.5. The number of nitrogens with zero attached hydrogens (tertiary/aromatic N) is 2. The summed E-state index contributed by atoms with van der Waals surface area (Å²) in [5.41, 5.74) is 1.50. The van der Waals surface area contributed by atoms with Crippen LogP contribution < -0.4 is 10.1 Å². The molecule has 2 aromatic heterocycles. The molecule has 0 unspecified atom stereocenters. The van der Waals surface area contributed by atoms with Gasteiger partial charge in [0.1, 0.15) is 17.9 Å². The number of benzene rings is 1. The number of H-pyrrole nitrogens is 1. The maximum absolute atomic E-state index is 11.5. The van der Waals surface area contributed by atoms with E-state index in [1.807, 2.05) is 0 Å². The number of pyridine rings is 1. The lowest BCUT2D eigenvalue weighted by Gasteiger charge is -2.08. The van der Waals surface area contributed by atoms with Crippen molar-refractivity contribution in [2.24, 2.45) is 0 Å². The number of imidazole rings is 1. The molecule has 0 radical (unpaired) electrons. The van der Waals surface area contributed by atoms with Crippen molar-refractivity contribution >= 4 is 51.8 Å². The Kier molecular flexibility index (Phi) is 5.46. The van der Waals surface area contributed by atoms with Gasteiger partial charge in [0.2, 0.25) is 5.95 Å². The van der Waals surface area contributed by atoms with Crippen molar-refractivity contribution < 1.29 is 19.4 Å². The first-order valence-corrected chi connectivity index (χ1v) is 8.20. The smallest absolute Gasteiger partial charge is 0.339 e. The van der Waals surface area contributed by atoms with E-state index in [0.717, 1.165) is 0 Å². The molecule has 3 aromatic rings. The van der Waals surface area contributed by atoms with Crippen LogP contribution in [0.4, 0.5) is 11.6 Å². The predicted octanol–water partition coefficient (Wildman–Crippen LogP) is 3.73. The molecule has 0 atom stereocenters. The van der Waals surface area contributed by atoms with E-state index in [1.54, 1.807) is 6.07 Å². The van der Waals surface area contributed by atoms with Crippen LogP contribution in [0.25, 0.3) is 11.0 Å². The Morgan fingerprint density at radius 2 is 2.00 bits per heavy atom. The van der Waals surface area contributed by atoms with Gasteiger partial charge in [0.25, 0.3) is 0 Å². The maximum atomic E-state index is 11.5. The normalized spacial score (nSPS) is 10.9. The maximum Gasteiger partial charge on any atom is 0.339 e. The number of anilines is 2. The lowest BCUT2D eigenvalue weighted by molar-refractivity contribution is 0.0690. The van der Waals surface area contributed by atoms with Crippen LogP contribution in [0.2, 0.25) is 10.0 Å². The van der Waals surface area contributed by atoms with Gasteiger partial charge in [0, 0.05) is 25.6 Å². The number of methoxy groups -OCH3 is 1. The summed E-state index contributed by atoms with van der Waals surface area (Å²) in [5, 5.41) is 13.0. The SMILES string of the molecule is COCCOc1cc2nc(Nc3c(Cl)cncc3Cl)[nH]c2cc1C(=O)O. The van der Waals surface area contributed by atoms with Crippen molar-refractivity contribution in [2.45, 2.75) is 0 Å². The van der Waals surface area contributed by atoms with Gasteiger partial charge < -0.3 is 24.9 Å². The highest BCUT2D eigenvalue weighted by Crippen LogP contribution is 2.32. The number of carboxylic acids is 1. The molecule has 0 saturated carbocycles. The summed E-state index contributed by atoms with van der Waals surface area (Å²) in [7, 11) is 1.53. The summed E-state index contributed by atoms with van der Waals surface area (Å²) in [5.74, 6) is -0.552. The molecule has 10 heteroatoms. The Hall–Kier alpha value is -2.55. The first kappa shape index (κ1) is 18.2. The van der Waals surface area contributed by atoms with Crippen LogP contribution in [-0.2, 0) is 4.74 Å². The largest absolute Gasteiger partial charge is 0.490 e. The minimum Gasteiger partial charge on any atom is -0.490 e. The second-order valence-electron chi connectivity index (χ2n) is 5.20. The minimum absolute atomic E-state index is 0.0174. The topological polar surface area (TPSA) is 109 Å². The Balaban J connectivity index is 1.96. The molecule has 0 saturated heterocycles. The van der Waals surface area contributed by atoms with Crippen molar-refractivity contribution in [3.8, 4) is 5.75 Å².